The van der Waals surface area contributed by atoms with Crippen LogP contribution in [0.3, 0.4) is 0 Å². The van der Waals surface area contributed by atoms with Gasteiger partial charge in [-0.25, -0.2) is 0 Å². The van der Waals surface area contributed by atoms with E-state index in [-0.39, 0.29) is 20.4 Å². The maximum absolute atomic E-state index is 5.00. The Bertz CT molecular complexity index is 1600. The van der Waals surface area contributed by atoms with E-state index in [1.54, 1.807) is 9.13 Å². The van der Waals surface area contributed by atoms with Crippen molar-refractivity contribution in [3.8, 4) is 11.6 Å². The molecule has 0 saturated heterocycles. The van der Waals surface area contributed by atoms with Gasteiger partial charge in [-0.15, -0.1) is 0 Å². The van der Waals surface area contributed by atoms with Crippen molar-refractivity contribution in [2.24, 2.45) is 0 Å². The number of aromatic nitrogens is 10. The van der Waals surface area contributed by atoms with E-state index >= 15 is 0 Å². The largest absolute Gasteiger partial charge is 2.00 e. The minimum absolute atomic E-state index is 0. The summed E-state index contributed by atoms with van der Waals surface area (Å²) in [7, 11) is -2.28. The van der Waals surface area contributed by atoms with Crippen molar-refractivity contribution in [3.05, 3.63) is 73.1 Å². The predicted molar refractivity (Wildman–Crippen MR) is 133 cm³/mol. The molecule has 12 heteroatoms. The van der Waals surface area contributed by atoms with Crippen LogP contribution in [0.25, 0.3) is 34.0 Å². The molecule has 0 aliphatic heterocycles. The summed E-state index contributed by atoms with van der Waals surface area (Å²) in [5, 5.41) is 1.97. The second-order valence-electron chi connectivity index (χ2n) is 8.74. The SMILES string of the molecule is Cc1ncnc2c1n[c-]n2-c1cccc([Si](C)(C)c2cccc(-n3[c-]nc4c(C)ncnc43)n2)n1.[Pd+2]. The summed E-state index contributed by atoms with van der Waals surface area (Å²) < 4.78 is 3.55. The Kier molecular flexibility index (Phi) is 6.03. The summed E-state index contributed by atoms with van der Waals surface area (Å²) in [4.78, 5) is 36.0. The van der Waals surface area contributed by atoms with Crippen molar-refractivity contribution in [1.82, 2.24) is 49.0 Å². The van der Waals surface area contributed by atoms with Crippen molar-refractivity contribution >= 4 is 41.0 Å². The molecule has 6 aromatic rings. The molecule has 0 saturated carbocycles. The molecule has 6 rings (SSSR count). The second kappa shape index (κ2) is 9.05. The number of fused-ring (bicyclic) bond motifs is 2. The Morgan fingerprint density at radius 2 is 1.11 bits per heavy atom. The van der Waals surface area contributed by atoms with Gasteiger partial charge in [-0.2, -0.15) is 0 Å². The monoisotopic (exact) mass is 582 g/mol. The van der Waals surface area contributed by atoms with Gasteiger partial charge in [0.05, 0.1) is 11.6 Å². The smallest absolute Gasteiger partial charge is 0.396 e. The van der Waals surface area contributed by atoms with E-state index in [0.717, 1.165) is 22.0 Å². The molecule has 0 aliphatic carbocycles. The summed E-state index contributed by atoms with van der Waals surface area (Å²) >= 11 is 0. The van der Waals surface area contributed by atoms with E-state index in [1.165, 1.54) is 12.7 Å². The Hall–Kier alpha value is -3.72. The van der Waals surface area contributed by atoms with Crippen LogP contribution < -0.4 is 10.6 Å². The maximum Gasteiger partial charge on any atom is 2.00 e. The van der Waals surface area contributed by atoms with Gasteiger partial charge in [-0.3, -0.25) is 29.9 Å². The van der Waals surface area contributed by atoms with Gasteiger partial charge in [0.15, 0.2) is 8.07 Å². The Labute approximate surface area is 221 Å². The van der Waals surface area contributed by atoms with Gasteiger partial charge >= 0.3 is 20.4 Å². The summed E-state index contributed by atoms with van der Waals surface area (Å²) in [5.41, 5.74) is 4.41. The van der Waals surface area contributed by atoms with Crippen LogP contribution in [0.5, 0.6) is 0 Å². The average Bonchev–Trinajstić information content (AvgIpc) is 3.51. The fourth-order valence-electron chi connectivity index (χ4n) is 4.03. The molecule has 0 aromatic carbocycles. The fraction of sp³-hybridized carbons (Fsp3) is 0.167. The first-order valence-corrected chi connectivity index (χ1v) is 14.0. The molecule has 0 atom stereocenters. The Morgan fingerprint density at radius 3 is 1.56 bits per heavy atom. The molecule has 0 bridgehead atoms. The van der Waals surface area contributed by atoms with Gasteiger partial charge < -0.3 is 19.1 Å². The van der Waals surface area contributed by atoms with Gasteiger partial charge in [0.1, 0.15) is 12.7 Å². The number of nitrogens with zero attached hydrogens (tertiary/aromatic N) is 10. The standard InChI is InChI=1S/C24H20N10Si.Pd/c1-15-21-23(27-11-25-15)33(13-29-21)17-7-5-9-19(31-17)35(3,4)20-10-6-8-18(32-20)34-14-30-22-16(2)26-12-28-24(22)34;/h5-12H,1-4H3;/q-2;+2. The quantitative estimate of drug-likeness (QED) is 0.228. The van der Waals surface area contributed by atoms with Crippen molar-refractivity contribution in [1.29, 1.82) is 0 Å². The molecule has 0 spiro atoms. The van der Waals surface area contributed by atoms with E-state index in [4.69, 9.17) is 9.97 Å². The van der Waals surface area contributed by atoms with Crippen LogP contribution in [0, 0.1) is 26.5 Å². The normalized spacial score (nSPS) is 11.7. The molecule has 0 amide bonds. The molecule has 6 heterocycles. The number of pyridine rings is 2. The first kappa shape index (κ1) is 24.0. The fourth-order valence-corrected chi connectivity index (χ4v) is 6.11. The van der Waals surface area contributed by atoms with Gasteiger partial charge in [-0.1, -0.05) is 37.4 Å². The summed E-state index contributed by atoms with van der Waals surface area (Å²) in [6.07, 6.45) is 9.09. The summed E-state index contributed by atoms with van der Waals surface area (Å²) in [6.45, 7) is 8.27. The van der Waals surface area contributed by atoms with E-state index < -0.39 is 8.07 Å². The molecule has 0 fully saturated rings. The Morgan fingerprint density at radius 1 is 0.667 bits per heavy atom. The third kappa shape index (κ3) is 3.83. The van der Waals surface area contributed by atoms with Crippen molar-refractivity contribution in [3.63, 3.8) is 0 Å². The first-order valence-electron chi connectivity index (χ1n) is 11.0. The number of rotatable bonds is 4. The van der Waals surface area contributed by atoms with Gasteiger partial charge in [0.25, 0.3) is 0 Å². The van der Waals surface area contributed by atoms with Gasteiger partial charge in [0.2, 0.25) is 0 Å². The molecule has 6 aromatic heterocycles. The molecule has 36 heavy (non-hydrogen) atoms. The van der Waals surface area contributed by atoms with E-state index in [1.807, 2.05) is 38.1 Å². The van der Waals surface area contributed by atoms with Gasteiger partial charge in [-0.05, 0) is 26.0 Å². The second-order valence-corrected chi connectivity index (χ2v) is 13.0. The van der Waals surface area contributed by atoms with Crippen LogP contribution in [0.15, 0.2) is 49.1 Å². The Balaban J connectivity index is 0.00000267. The van der Waals surface area contributed by atoms with Crippen LogP contribution in [0.1, 0.15) is 11.4 Å². The average molecular weight is 583 g/mol. The molecular weight excluding hydrogens is 563 g/mol. The molecule has 180 valence electrons. The molecular formula is C24H20N10PdSi. The third-order valence-electron chi connectivity index (χ3n) is 6.13. The molecule has 0 aliphatic rings. The van der Waals surface area contributed by atoms with Crippen LogP contribution in [-0.2, 0) is 20.4 Å². The number of aryl methyl sites for hydroxylation is 2. The predicted octanol–water partition coefficient (Wildman–Crippen LogP) is 1.77. The molecule has 0 N–H and O–H groups in total. The van der Waals surface area contributed by atoms with E-state index in [2.05, 4.69) is 67.8 Å². The van der Waals surface area contributed by atoms with Crippen molar-refractivity contribution in [2.75, 3.05) is 0 Å². The zero-order valence-corrected chi connectivity index (χ0v) is 22.5. The van der Waals surface area contributed by atoms with Crippen LogP contribution in [-0.4, -0.2) is 57.1 Å². The van der Waals surface area contributed by atoms with Crippen molar-refractivity contribution < 1.29 is 20.4 Å². The van der Waals surface area contributed by atoms with Crippen LogP contribution in [0.2, 0.25) is 13.1 Å². The third-order valence-corrected chi connectivity index (χ3v) is 9.25. The minimum Gasteiger partial charge on any atom is -0.396 e. The minimum atomic E-state index is -2.28. The topological polar surface area (TPSA) is 113 Å². The molecule has 10 nitrogen and oxygen atoms in total. The maximum atomic E-state index is 5.00. The van der Waals surface area contributed by atoms with Crippen LogP contribution in [0.4, 0.5) is 0 Å². The zero-order valence-electron chi connectivity index (χ0n) is 19.9. The summed E-state index contributed by atoms with van der Waals surface area (Å²) in [5.74, 6) is 1.42. The van der Waals surface area contributed by atoms with E-state index in [9.17, 15) is 0 Å². The summed E-state index contributed by atoms with van der Waals surface area (Å²) in [6, 6.07) is 12.0. The number of imidazole rings is 2. The first-order chi connectivity index (χ1) is 16.9. The van der Waals surface area contributed by atoms with Gasteiger partial charge in [0, 0.05) is 57.0 Å². The van der Waals surface area contributed by atoms with Crippen molar-refractivity contribution in [2.45, 2.75) is 26.9 Å². The molecule has 0 radical (unpaired) electrons. The van der Waals surface area contributed by atoms with E-state index in [0.29, 0.717) is 34.0 Å². The number of hydrogen-bond donors (Lipinski definition) is 0. The molecule has 0 unspecified atom stereocenters. The van der Waals surface area contributed by atoms with Crippen LogP contribution >= 0.6 is 0 Å². The zero-order chi connectivity index (χ0) is 24.2. The number of hydrogen-bond acceptors (Lipinski definition) is 8.